The van der Waals surface area contributed by atoms with Gasteiger partial charge in [-0.2, -0.15) is 0 Å². The van der Waals surface area contributed by atoms with E-state index in [1.54, 1.807) is 0 Å². The number of hydrogen-bond acceptors (Lipinski definition) is 1. The van der Waals surface area contributed by atoms with Gasteiger partial charge in [0, 0.05) is 35.7 Å². The van der Waals surface area contributed by atoms with Gasteiger partial charge in [-0.1, -0.05) is 108 Å². The minimum Gasteiger partial charge on any atom is -0.299 e. The maximum Gasteiger partial charge on any atom is 0.137 e. The zero-order valence-electron chi connectivity index (χ0n) is 16.9. The molecule has 0 spiro atoms. The van der Waals surface area contributed by atoms with Crippen molar-refractivity contribution in [2.45, 2.75) is 114 Å². The van der Waals surface area contributed by atoms with Crippen LogP contribution in [0, 0.1) is 5.41 Å². The van der Waals surface area contributed by atoms with E-state index in [4.69, 9.17) is 0 Å². The molecule has 0 fully saturated rings. The maximum atomic E-state index is 10.8. The molecule has 1 nitrogen and oxygen atoms in total. The molecule has 0 rings (SSSR count). The third-order valence-electron chi connectivity index (χ3n) is 2.66. The van der Waals surface area contributed by atoms with E-state index in [1.807, 2.05) is 27.7 Å². The van der Waals surface area contributed by atoms with Gasteiger partial charge in [0.05, 0.1) is 0 Å². The van der Waals surface area contributed by atoms with Crippen molar-refractivity contribution >= 4 is 29.7 Å². The van der Waals surface area contributed by atoms with Gasteiger partial charge in [-0.25, -0.2) is 0 Å². The Balaban J connectivity index is -0.0000000570. The predicted molar refractivity (Wildman–Crippen MR) is 102 cm³/mol. The number of rotatable bonds is 4. The van der Waals surface area contributed by atoms with Crippen LogP contribution >= 0.6 is 0 Å². The van der Waals surface area contributed by atoms with E-state index in [1.165, 1.54) is 38.5 Å². The Labute approximate surface area is 154 Å². The van der Waals surface area contributed by atoms with E-state index in [0.29, 0.717) is 12.2 Å². The summed E-state index contributed by atoms with van der Waals surface area (Å²) in [6.07, 6.45) is 8.57. The van der Waals surface area contributed by atoms with Crippen LogP contribution in [-0.2, 0) is 4.79 Å². The maximum absolute atomic E-state index is 10.8. The average molecular weight is 407 g/mol. The first-order valence-electron chi connectivity index (χ1n) is 8.76. The quantitative estimate of drug-likeness (QED) is 0.457. The molecule has 4 radical (unpaired) electrons. The molecule has 2 heteroatoms. The Hall–Kier alpha value is 0.469. The van der Waals surface area contributed by atoms with E-state index in [2.05, 4.69) is 41.5 Å². The molecule has 0 heterocycles. The summed E-state index contributed by atoms with van der Waals surface area (Å²) in [5, 5.41) is 0. The van der Waals surface area contributed by atoms with Crippen LogP contribution in [0.15, 0.2) is 0 Å². The van der Waals surface area contributed by atoms with E-state index >= 15 is 0 Å². The number of Topliss-reactive ketones (excluding diaryl/α,β-unsaturated/α-hetero) is 1. The fourth-order valence-corrected chi connectivity index (χ4v) is 0.530. The van der Waals surface area contributed by atoms with Gasteiger partial charge in [0.25, 0.3) is 0 Å². The predicted octanol–water partition coefficient (Wildman–Crippen LogP) is 7.05. The van der Waals surface area contributed by atoms with Crippen molar-refractivity contribution in [2.24, 2.45) is 5.41 Å². The summed E-state index contributed by atoms with van der Waals surface area (Å²) in [4.78, 5) is 10.8. The molecule has 0 aliphatic rings. The summed E-state index contributed by atoms with van der Waals surface area (Å²) >= 11 is 0. The number of hydrogen-bond donors (Lipinski definition) is 0. The molecule has 0 aromatic rings. The summed E-state index contributed by atoms with van der Waals surface area (Å²) in [6.45, 7) is 20.8. The first-order chi connectivity index (χ1) is 9.22. The van der Waals surface area contributed by atoms with Gasteiger partial charge in [-0.3, -0.25) is 4.79 Å². The Morgan fingerprint density at radius 3 is 0.810 bits per heavy atom. The number of carbonyl (C=O) groups excluding carboxylic acids is 1. The van der Waals surface area contributed by atoms with Crippen LogP contribution in [0.1, 0.15) is 114 Å². The van der Waals surface area contributed by atoms with Gasteiger partial charge in [0.15, 0.2) is 0 Å². The minimum absolute atomic E-state index is 0. The molecule has 0 saturated heterocycles. The third kappa shape index (κ3) is 53.1. The summed E-state index contributed by atoms with van der Waals surface area (Å²) in [6, 6.07) is 0. The van der Waals surface area contributed by atoms with Gasteiger partial charge < -0.3 is 0 Å². The second-order valence-corrected chi connectivity index (χ2v) is 6.03. The Morgan fingerprint density at radius 1 is 0.619 bits per heavy atom. The van der Waals surface area contributed by atoms with E-state index in [0.717, 1.165) is 0 Å². The van der Waals surface area contributed by atoms with Crippen LogP contribution in [0.3, 0.4) is 0 Å². The fourth-order valence-electron chi connectivity index (χ4n) is 0.530. The first kappa shape index (κ1) is 33.2. The zero-order chi connectivity index (χ0) is 17.0. The molecule has 0 aliphatic carbocycles. The van der Waals surface area contributed by atoms with Gasteiger partial charge in [0.2, 0.25) is 0 Å². The van der Waals surface area contributed by atoms with Crippen molar-refractivity contribution in [1.29, 1.82) is 0 Å². The second kappa shape index (κ2) is 28.6. The summed E-state index contributed by atoms with van der Waals surface area (Å²) < 4.78 is 0. The van der Waals surface area contributed by atoms with Crippen molar-refractivity contribution in [3.05, 3.63) is 0 Å². The van der Waals surface area contributed by atoms with Crippen molar-refractivity contribution in [3.63, 3.8) is 0 Å². The molecule has 0 aromatic carbocycles. The van der Waals surface area contributed by atoms with Crippen molar-refractivity contribution in [3.8, 4) is 0 Å². The Kier molecular flexibility index (Phi) is 45.2. The molecule has 0 N–H and O–H groups in total. The molecule has 130 valence electrons. The normalized spacial score (nSPS) is 8.67. The summed E-state index contributed by atoms with van der Waals surface area (Å²) in [5.41, 5.74) is -0.130. The van der Waals surface area contributed by atoms with E-state index in [-0.39, 0.29) is 29.3 Å². The molecule has 21 heavy (non-hydrogen) atoms. The van der Waals surface area contributed by atoms with E-state index < -0.39 is 0 Å². The zero-order valence-corrected chi connectivity index (χ0v) is 19.7. The van der Waals surface area contributed by atoms with E-state index in [9.17, 15) is 4.79 Å². The van der Waals surface area contributed by atoms with Gasteiger partial charge in [-0.05, 0) is 0 Å². The van der Waals surface area contributed by atoms with Crippen LogP contribution in [0.25, 0.3) is 0 Å². The minimum atomic E-state index is -0.130. The Morgan fingerprint density at radius 2 is 0.810 bits per heavy atom. The van der Waals surface area contributed by atoms with Crippen LogP contribution in [0.2, 0.25) is 0 Å². The largest absolute Gasteiger partial charge is 0.299 e. The van der Waals surface area contributed by atoms with Gasteiger partial charge >= 0.3 is 0 Å². The van der Waals surface area contributed by atoms with Gasteiger partial charge in [0.1, 0.15) is 5.78 Å². The molecule has 0 aliphatic heterocycles. The molecule has 0 amide bonds. The SMILES string of the molecule is CCC(=O)C(C)(C)C.CCCC.CCCC.CCCC.[Sn]. The number of carbonyl (C=O) groups is 1. The van der Waals surface area contributed by atoms with Crippen LogP contribution < -0.4 is 0 Å². The van der Waals surface area contributed by atoms with Crippen LogP contribution in [0.5, 0.6) is 0 Å². The molecule has 0 bridgehead atoms. The van der Waals surface area contributed by atoms with Gasteiger partial charge in [-0.15, -0.1) is 0 Å². The number of ketones is 1. The monoisotopic (exact) mass is 408 g/mol. The first-order valence-corrected chi connectivity index (χ1v) is 8.76. The molecule has 0 atom stereocenters. The molecule has 0 unspecified atom stereocenters. The Bertz CT molecular complexity index is 144. The molecular weight excluding hydrogens is 363 g/mol. The second-order valence-electron chi connectivity index (χ2n) is 6.03. The third-order valence-corrected chi connectivity index (χ3v) is 2.66. The summed E-state index contributed by atoms with van der Waals surface area (Å²) in [5.74, 6) is 0.331. The average Bonchev–Trinajstić information content (AvgIpc) is 2.46. The molecular formula is C19H44OSn. The van der Waals surface area contributed by atoms with Crippen LogP contribution in [0.4, 0.5) is 0 Å². The fraction of sp³-hybridized carbons (Fsp3) is 0.947. The standard InChI is InChI=1S/C7H14O.3C4H10.Sn/c1-5-6(8)7(2,3)4;3*1-3-4-2;/h5H2,1-4H3;3*3-4H2,1-2H3;. The van der Waals surface area contributed by atoms with Crippen LogP contribution in [-0.4, -0.2) is 29.7 Å². The number of unbranched alkanes of at least 4 members (excludes halogenated alkanes) is 3. The van der Waals surface area contributed by atoms with Crippen molar-refractivity contribution in [2.75, 3.05) is 0 Å². The van der Waals surface area contributed by atoms with Crippen molar-refractivity contribution in [1.82, 2.24) is 0 Å². The van der Waals surface area contributed by atoms with Crippen molar-refractivity contribution < 1.29 is 4.79 Å². The topological polar surface area (TPSA) is 17.1 Å². The molecule has 0 saturated carbocycles. The smallest absolute Gasteiger partial charge is 0.137 e. The summed E-state index contributed by atoms with van der Waals surface area (Å²) in [7, 11) is 0. The molecule has 0 aromatic heterocycles.